The lowest BCUT2D eigenvalue weighted by Crippen LogP contribution is -2.26. The summed E-state index contributed by atoms with van der Waals surface area (Å²) >= 11 is 7.75. The minimum absolute atomic E-state index is 0.0261. The molecule has 9 heteroatoms. The number of hydrogen-bond donors (Lipinski definition) is 1. The molecule has 5 rings (SSSR count). The van der Waals surface area contributed by atoms with E-state index in [4.69, 9.17) is 21.4 Å². The van der Waals surface area contributed by atoms with E-state index in [1.807, 2.05) is 42.5 Å². The molecule has 1 aromatic heterocycles. The van der Waals surface area contributed by atoms with Gasteiger partial charge in [0, 0.05) is 10.6 Å². The molecule has 3 heterocycles. The number of benzene rings is 2. The van der Waals surface area contributed by atoms with E-state index >= 15 is 0 Å². The standard InChI is InChI=1S/C18H12ClN5O2S/c19-12-3-1-2-11(6-12)17-16(23-24-9-20-22-18(24)27-17)10-4-5-14-13(7-10)21-15(25)8-26-14/h1-7,9,17H,8H2,(H,21,25). The number of nitrogens with zero attached hydrogens (tertiary/aromatic N) is 4. The summed E-state index contributed by atoms with van der Waals surface area (Å²) in [5.74, 6) is 0.471. The lowest BCUT2D eigenvalue weighted by Gasteiger charge is -2.24. The van der Waals surface area contributed by atoms with Gasteiger partial charge in [-0.15, -0.1) is 10.2 Å². The SMILES string of the molecule is O=C1COc2ccc(C3=Nn4cnnc4SC3c3cccc(Cl)c3)cc2N1. The number of fused-ring (bicyclic) bond motifs is 2. The number of anilines is 1. The van der Waals surface area contributed by atoms with Crippen molar-refractivity contribution in [1.29, 1.82) is 0 Å². The molecular weight excluding hydrogens is 386 g/mol. The molecule has 7 nitrogen and oxygen atoms in total. The van der Waals surface area contributed by atoms with Crippen LogP contribution >= 0.6 is 23.4 Å². The van der Waals surface area contributed by atoms with Gasteiger partial charge in [-0.25, -0.2) is 0 Å². The second kappa shape index (κ2) is 6.40. The molecular formula is C18H12ClN5O2S. The highest BCUT2D eigenvalue weighted by molar-refractivity contribution is 8.00. The molecule has 0 saturated carbocycles. The normalized spacial score (nSPS) is 18.0. The Morgan fingerprint density at radius 1 is 1.26 bits per heavy atom. The average molecular weight is 398 g/mol. The van der Waals surface area contributed by atoms with Gasteiger partial charge in [0.15, 0.2) is 6.61 Å². The van der Waals surface area contributed by atoms with Gasteiger partial charge in [0.2, 0.25) is 5.16 Å². The van der Waals surface area contributed by atoms with Crippen LogP contribution in [0.15, 0.2) is 59.0 Å². The predicted octanol–water partition coefficient (Wildman–Crippen LogP) is 3.36. The van der Waals surface area contributed by atoms with Gasteiger partial charge >= 0.3 is 0 Å². The van der Waals surface area contributed by atoms with Crippen molar-refractivity contribution in [3.05, 3.63) is 64.9 Å². The van der Waals surface area contributed by atoms with Crippen molar-refractivity contribution in [2.45, 2.75) is 10.4 Å². The molecule has 1 amide bonds. The van der Waals surface area contributed by atoms with Crippen LogP contribution in [0.1, 0.15) is 16.4 Å². The van der Waals surface area contributed by atoms with E-state index in [1.165, 1.54) is 0 Å². The molecule has 1 unspecified atom stereocenters. The summed E-state index contributed by atoms with van der Waals surface area (Å²) in [6.07, 6.45) is 1.57. The fraction of sp³-hybridized carbons (Fsp3) is 0.111. The van der Waals surface area contributed by atoms with Crippen molar-refractivity contribution >= 4 is 40.7 Å². The maximum Gasteiger partial charge on any atom is 0.262 e. The molecule has 0 bridgehead atoms. The Labute approximate surface area is 163 Å². The van der Waals surface area contributed by atoms with E-state index in [1.54, 1.807) is 22.8 Å². The van der Waals surface area contributed by atoms with E-state index in [0.29, 0.717) is 21.6 Å². The first-order valence-corrected chi connectivity index (χ1v) is 9.41. The Morgan fingerprint density at radius 2 is 2.19 bits per heavy atom. The van der Waals surface area contributed by atoms with Crippen LogP contribution < -0.4 is 10.1 Å². The Bertz CT molecular complexity index is 1100. The fourth-order valence-electron chi connectivity index (χ4n) is 3.04. The molecule has 1 atom stereocenters. The van der Waals surface area contributed by atoms with Crippen LogP contribution in [-0.2, 0) is 4.79 Å². The van der Waals surface area contributed by atoms with Gasteiger partial charge in [0.25, 0.3) is 5.91 Å². The van der Waals surface area contributed by atoms with Gasteiger partial charge in [-0.3, -0.25) is 4.79 Å². The lowest BCUT2D eigenvalue weighted by molar-refractivity contribution is -0.118. The highest BCUT2D eigenvalue weighted by Gasteiger charge is 2.29. The summed E-state index contributed by atoms with van der Waals surface area (Å²) in [6, 6.07) is 13.3. The number of aromatic nitrogens is 3. The van der Waals surface area contributed by atoms with Crippen LogP contribution in [0.25, 0.3) is 0 Å². The summed E-state index contributed by atoms with van der Waals surface area (Å²) in [5.41, 5.74) is 3.34. The van der Waals surface area contributed by atoms with Crippen LogP contribution in [0, 0.1) is 0 Å². The minimum atomic E-state index is -0.174. The van der Waals surface area contributed by atoms with E-state index < -0.39 is 0 Å². The molecule has 0 spiro atoms. The van der Waals surface area contributed by atoms with E-state index in [0.717, 1.165) is 16.8 Å². The molecule has 2 aromatic carbocycles. The number of halogens is 1. The van der Waals surface area contributed by atoms with Crippen molar-refractivity contribution in [3.8, 4) is 5.75 Å². The second-order valence-corrected chi connectivity index (χ2v) is 7.55. The van der Waals surface area contributed by atoms with Crippen molar-refractivity contribution in [2.75, 3.05) is 11.9 Å². The zero-order valence-electron chi connectivity index (χ0n) is 13.8. The average Bonchev–Trinajstić information content (AvgIpc) is 3.14. The zero-order valence-corrected chi connectivity index (χ0v) is 15.4. The minimum Gasteiger partial charge on any atom is -0.482 e. The fourth-order valence-corrected chi connectivity index (χ4v) is 4.32. The third kappa shape index (κ3) is 2.96. The first kappa shape index (κ1) is 16.3. The summed E-state index contributed by atoms with van der Waals surface area (Å²) in [7, 11) is 0. The number of nitrogens with one attached hydrogen (secondary N) is 1. The van der Waals surface area contributed by atoms with Gasteiger partial charge in [0.1, 0.15) is 12.1 Å². The molecule has 134 valence electrons. The summed E-state index contributed by atoms with van der Waals surface area (Å²) in [5, 5.41) is 16.9. The third-order valence-electron chi connectivity index (χ3n) is 4.25. The molecule has 0 saturated heterocycles. The Balaban J connectivity index is 1.63. The highest BCUT2D eigenvalue weighted by Crippen LogP contribution is 2.42. The monoisotopic (exact) mass is 397 g/mol. The lowest BCUT2D eigenvalue weighted by atomic mass is 10.0. The van der Waals surface area contributed by atoms with E-state index in [9.17, 15) is 4.79 Å². The number of carbonyl (C=O) groups excluding carboxylic acids is 1. The molecule has 0 radical (unpaired) electrons. The molecule has 0 aliphatic carbocycles. The smallest absolute Gasteiger partial charge is 0.262 e. The Kier molecular flexibility index (Phi) is 3.87. The van der Waals surface area contributed by atoms with Crippen LogP contribution in [0.4, 0.5) is 5.69 Å². The quantitative estimate of drug-likeness (QED) is 0.717. The third-order valence-corrected chi connectivity index (χ3v) is 5.69. The Morgan fingerprint density at radius 3 is 3.07 bits per heavy atom. The summed E-state index contributed by atoms with van der Waals surface area (Å²) < 4.78 is 7.10. The topological polar surface area (TPSA) is 81.4 Å². The molecule has 2 aliphatic heterocycles. The zero-order chi connectivity index (χ0) is 18.4. The summed E-state index contributed by atoms with van der Waals surface area (Å²) in [4.78, 5) is 11.7. The van der Waals surface area contributed by atoms with Gasteiger partial charge in [-0.2, -0.15) is 9.78 Å². The molecule has 3 aromatic rings. The van der Waals surface area contributed by atoms with Crippen LogP contribution in [0.2, 0.25) is 5.02 Å². The van der Waals surface area contributed by atoms with Crippen molar-refractivity contribution in [2.24, 2.45) is 5.10 Å². The number of ether oxygens (including phenoxy) is 1. The van der Waals surface area contributed by atoms with Crippen molar-refractivity contribution < 1.29 is 9.53 Å². The first-order chi connectivity index (χ1) is 13.2. The Hall–Kier alpha value is -2.84. The first-order valence-electron chi connectivity index (χ1n) is 8.15. The van der Waals surface area contributed by atoms with E-state index in [2.05, 4.69) is 15.5 Å². The number of rotatable bonds is 2. The van der Waals surface area contributed by atoms with Gasteiger partial charge in [0.05, 0.1) is 16.6 Å². The largest absolute Gasteiger partial charge is 0.482 e. The highest BCUT2D eigenvalue weighted by atomic mass is 35.5. The van der Waals surface area contributed by atoms with Crippen LogP contribution in [0.5, 0.6) is 5.75 Å². The van der Waals surface area contributed by atoms with Gasteiger partial charge < -0.3 is 10.1 Å². The maximum atomic E-state index is 11.7. The molecule has 2 aliphatic rings. The van der Waals surface area contributed by atoms with Crippen LogP contribution in [-0.4, -0.2) is 33.1 Å². The molecule has 27 heavy (non-hydrogen) atoms. The summed E-state index contributed by atoms with van der Waals surface area (Å²) in [6.45, 7) is 0.0261. The second-order valence-electron chi connectivity index (χ2n) is 6.04. The van der Waals surface area contributed by atoms with Gasteiger partial charge in [-0.05, 0) is 35.9 Å². The van der Waals surface area contributed by atoms with Gasteiger partial charge in [-0.1, -0.05) is 35.5 Å². The van der Waals surface area contributed by atoms with Crippen molar-refractivity contribution in [3.63, 3.8) is 0 Å². The van der Waals surface area contributed by atoms with Crippen LogP contribution in [0.3, 0.4) is 0 Å². The predicted molar refractivity (Wildman–Crippen MR) is 103 cm³/mol. The number of amides is 1. The van der Waals surface area contributed by atoms with Crippen molar-refractivity contribution in [1.82, 2.24) is 14.9 Å². The number of carbonyl (C=O) groups is 1. The number of thioether (sulfide) groups is 1. The number of hydrogen-bond acceptors (Lipinski definition) is 6. The van der Waals surface area contributed by atoms with E-state index in [-0.39, 0.29) is 17.8 Å². The molecule has 1 N–H and O–H groups in total. The maximum absolute atomic E-state index is 11.7. The molecule has 0 fully saturated rings.